The lowest BCUT2D eigenvalue weighted by Crippen LogP contribution is -2.41. The van der Waals surface area contributed by atoms with Crippen molar-refractivity contribution >= 4 is 5.91 Å². The second-order valence-electron chi connectivity index (χ2n) is 4.49. The Morgan fingerprint density at radius 1 is 1.37 bits per heavy atom. The molecule has 1 saturated heterocycles. The number of rotatable bonds is 3. The molecule has 6 heteroatoms. The number of hydrogen-bond acceptors (Lipinski definition) is 2. The van der Waals surface area contributed by atoms with Crippen molar-refractivity contribution in [3.63, 3.8) is 0 Å². The molecule has 1 aromatic carbocycles. The summed E-state index contributed by atoms with van der Waals surface area (Å²) in [4.78, 5) is 13.8. The lowest BCUT2D eigenvalue weighted by Gasteiger charge is -2.27. The highest BCUT2D eigenvalue weighted by Crippen LogP contribution is 2.18. The number of nitrogens with one attached hydrogen (secondary N) is 1. The zero-order valence-corrected chi connectivity index (χ0v) is 10.5. The molecule has 2 rings (SSSR count). The molecule has 1 N–H and O–H groups in total. The van der Waals surface area contributed by atoms with Crippen molar-refractivity contribution in [3.8, 4) is 0 Å². The molecule has 0 aromatic heterocycles. The van der Waals surface area contributed by atoms with Crippen LogP contribution >= 0.6 is 0 Å². The second kappa shape index (κ2) is 5.61. The van der Waals surface area contributed by atoms with Crippen LogP contribution in [0.15, 0.2) is 12.1 Å². The molecule has 1 atom stereocenters. The fraction of sp³-hybridized carbons (Fsp3) is 0.462. The Bertz CT molecular complexity index is 464. The van der Waals surface area contributed by atoms with Crippen LogP contribution in [0.25, 0.3) is 0 Å². The van der Waals surface area contributed by atoms with Crippen molar-refractivity contribution in [1.29, 1.82) is 0 Å². The Labute approximate surface area is 109 Å². The Balaban J connectivity index is 2.26. The predicted octanol–water partition coefficient (Wildman–Crippen LogP) is 1.93. The van der Waals surface area contributed by atoms with Gasteiger partial charge in [-0.3, -0.25) is 4.79 Å². The molecule has 104 valence electrons. The molecule has 0 radical (unpaired) electrons. The second-order valence-corrected chi connectivity index (χ2v) is 4.49. The summed E-state index contributed by atoms with van der Waals surface area (Å²) in [6.07, 6.45) is 0.797. The van der Waals surface area contributed by atoms with Gasteiger partial charge < -0.3 is 10.2 Å². The van der Waals surface area contributed by atoms with Crippen molar-refractivity contribution in [1.82, 2.24) is 10.2 Å². The Kier molecular flexibility index (Phi) is 4.09. The molecule has 1 unspecified atom stereocenters. The maximum absolute atomic E-state index is 13.1. The van der Waals surface area contributed by atoms with E-state index in [9.17, 15) is 18.0 Å². The quantitative estimate of drug-likeness (QED) is 0.853. The van der Waals surface area contributed by atoms with Crippen LogP contribution in [0, 0.1) is 17.5 Å². The lowest BCUT2D eigenvalue weighted by molar-refractivity contribution is 0.0702. The maximum Gasteiger partial charge on any atom is 0.254 e. The van der Waals surface area contributed by atoms with Crippen LogP contribution in [0.1, 0.15) is 23.7 Å². The number of halogens is 3. The third kappa shape index (κ3) is 2.73. The molecular formula is C13H15F3N2O. The molecule has 1 heterocycles. The number of hydrogen-bond donors (Lipinski definition) is 1. The molecule has 1 fully saturated rings. The molecule has 1 amide bonds. The number of carbonyl (C=O) groups is 1. The summed E-state index contributed by atoms with van der Waals surface area (Å²) in [7, 11) is 0. The Morgan fingerprint density at radius 2 is 2.00 bits per heavy atom. The van der Waals surface area contributed by atoms with Gasteiger partial charge in [-0.25, -0.2) is 13.2 Å². The molecule has 1 aliphatic heterocycles. The summed E-state index contributed by atoms with van der Waals surface area (Å²) in [6, 6.07) is 1.49. The van der Waals surface area contributed by atoms with Crippen LogP contribution in [0.4, 0.5) is 13.2 Å². The van der Waals surface area contributed by atoms with Crippen LogP contribution in [-0.4, -0.2) is 36.5 Å². The van der Waals surface area contributed by atoms with Crippen molar-refractivity contribution in [2.45, 2.75) is 19.4 Å². The highest BCUT2D eigenvalue weighted by molar-refractivity contribution is 5.94. The number of benzene rings is 1. The van der Waals surface area contributed by atoms with E-state index in [4.69, 9.17) is 0 Å². The van der Waals surface area contributed by atoms with E-state index in [-0.39, 0.29) is 11.6 Å². The van der Waals surface area contributed by atoms with Gasteiger partial charge in [-0.05, 0) is 32.0 Å². The first-order chi connectivity index (χ1) is 9.04. The average Bonchev–Trinajstić information content (AvgIpc) is 2.90. The van der Waals surface area contributed by atoms with Gasteiger partial charge in [-0.1, -0.05) is 0 Å². The van der Waals surface area contributed by atoms with Crippen LogP contribution in [0.5, 0.6) is 0 Å². The van der Waals surface area contributed by atoms with Gasteiger partial charge in [0.1, 0.15) is 0 Å². The van der Waals surface area contributed by atoms with E-state index in [0.717, 1.165) is 25.1 Å². The number of nitrogens with zero attached hydrogens (tertiary/aromatic N) is 1. The van der Waals surface area contributed by atoms with Gasteiger partial charge in [0.2, 0.25) is 0 Å². The summed E-state index contributed by atoms with van der Waals surface area (Å²) in [5.74, 6) is -4.72. The van der Waals surface area contributed by atoms with E-state index in [0.29, 0.717) is 13.1 Å². The monoisotopic (exact) mass is 272 g/mol. The van der Waals surface area contributed by atoms with E-state index in [1.165, 1.54) is 0 Å². The van der Waals surface area contributed by atoms with Gasteiger partial charge in [0.25, 0.3) is 5.91 Å². The normalized spacial score (nSPS) is 18.6. The minimum absolute atomic E-state index is 0.00803. The topological polar surface area (TPSA) is 32.3 Å². The summed E-state index contributed by atoms with van der Waals surface area (Å²) < 4.78 is 39.2. The number of amides is 1. The summed E-state index contributed by atoms with van der Waals surface area (Å²) in [5.41, 5.74) is -0.162. The smallest absolute Gasteiger partial charge is 0.254 e. The largest absolute Gasteiger partial charge is 0.335 e. The SMILES string of the molecule is CCN(C(=O)c1cc(F)c(F)c(F)c1)C1CCNC1. The average molecular weight is 272 g/mol. The molecule has 19 heavy (non-hydrogen) atoms. The minimum Gasteiger partial charge on any atom is -0.335 e. The molecule has 1 aromatic rings. The van der Waals surface area contributed by atoms with Gasteiger partial charge >= 0.3 is 0 Å². The van der Waals surface area contributed by atoms with Gasteiger partial charge in [0, 0.05) is 24.7 Å². The zero-order chi connectivity index (χ0) is 14.0. The highest BCUT2D eigenvalue weighted by atomic mass is 19.2. The summed E-state index contributed by atoms with van der Waals surface area (Å²) in [6.45, 7) is 3.70. The van der Waals surface area contributed by atoms with Crippen LogP contribution < -0.4 is 5.32 Å². The third-order valence-electron chi connectivity index (χ3n) is 3.31. The van der Waals surface area contributed by atoms with Crippen LogP contribution in [0.3, 0.4) is 0 Å². The summed E-state index contributed by atoms with van der Waals surface area (Å²) >= 11 is 0. The number of carbonyl (C=O) groups excluding carboxylic acids is 1. The van der Waals surface area contributed by atoms with Gasteiger partial charge in [-0.2, -0.15) is 0 Å². The van der Waals surface area contributed by atoms with Gasteiger partial charge in [-0.15, -0.1) is 0 Å². The van der Waals surface area contributed by atoms with Crippen molar-refractivity contribution in [2.24, 2.45) is 0 Å². The van der Waals surface area contributed by atoms with Crippen molar-refractivity contribution < 1.29 is 18.0 Å². The van der Waals surface area contributed by atoms with E-state index < -0.39 is 23.4 Å². The van der Waals surface area contributed by atoms with E-state index >= 15 is 0 Å². The Morgan fingerprint density at radius 3 is 2.47 bits per heavy atom. The molecule has 3 nitrogen and oxygen atoms in total. The van der Waals surface area contributed by atoms with Crippen LogP contribution in [-0.2, 0) is 0 Å². The Hall–Kier alpha value is -1.56. The molecule has 0 aliphatic carbocycles. The minimum atomic E-state index is -1.55. The first-order valence-corrected chi connectivity index (χ1v) is 6.20. The van der Waals surface area contributed by atoms with E-state index in [1.807, 2.05) is 0 Å². The molecule has 0 spiro atoms. The molecular weight excluding hydrogens is 257 g/mol. The molecule has 0 bridgehead atoms. The fourth-order valence-electron chi connectivity index (χ4n) is 2.32. The fourth-order valence-corrected chi connectivity index (χ4v) is 2.32. The predicted molar refractivity (Wildman–Crippen MR) is 64.3 cm³/mol. The van der Waals surface area contributed by atoms with E-state index in [1.54, 1.807) is 11.8 Å². The third-order valence-corrected chi connectivity index (χ3v) is 3.31. The highest BCUT2D eigenvalue weighted by Gasteiger charge is 2.27. The summed E-state index contributed by atoms with van der Waals surface area (Å²) in [5, 5.41) is 3.12. The first-order valence-electron chi connectivity index (χ1n) is 6.20. The van der Waals surface area contributed by atoms with Crippen LogP contribution in [0.2, 0.25) is 0 Å². The first kappa shape index (κ1) is 13.9. The lowest BCUT2D eigenvalue weighted by atomic mass is 10.1. The molecule has 0 saturated carbocycles. The molecule has 1 aliphatic rings. The van der Waals surface area contributed by atoms with Gasteiger partial charge in [0.15, 0.2) is 17.5 Å². The van der Waals surface area contributed by atoms with Crippen molar-refractivity contribution in [2.75, 3.05) is 19.6 Å². The van der Waals surface area contributed by atoms with Crippen molar-refractivity contribution in [3.05, 3.63) is 35.1 Å². The standard InChI is InChI=1S/C13H15F3N2O/c1-2-18(9-3-4-17-7-9)13(19)8-5-10(14)12(16)11(15)6-8/h5-6,9,17H,2-4,7H2,1H3. The zero-order valence-electron chi connectivity index (χ0n) is 10.5. The maximum atomic E-state index is 13.1. The van der Waals surface area contributed by atoms with E-state index in [2.05, 4.69) is 5.32 Å². The number of likely N-dealkylation sites (N-methyl/N-ethyl adjacent to an activating group) is 1. The van der Waals surface area contributed by atoms with Gasteiger partial charge in [0.05, 0.1) is 0 Å².